The minimum absolute atomic E-state index is 0.0401. The third-order valence-corrected chi connectivity index (χ3v) is 3.00. The highest BCUT2D eigenvalue weighted by Gasteiger charge is 2.29. The Labute approximate surface area is 119 Å². The number of nitrogens with one attached hydrogen (secondary N) is 2. The van der Waals surface area contributed by atoms with E-state index in [0.717, 1.165) is 6.42 Å². The Morgan fingerprint density at radius 3 is 2.85 bits per heavy atom. The van der Waals surface area contributed by atoms with Crippen LogP contribution in [0.3, 0.4) is 0 Å². The zero-order chi connectivity index (χ0) is 15.0. The second-order valence-corrected chi connectivity index (χ2v) is 4.62. The van der Waals surface area contributed by atoms with Crippen molar-refractivity contribution in [3.8, 4) is 0 Å². The molecule has 0 bridgehead atoms. The molecule has 1 aliphatic rings. The van der Waals surface area contributed by atoms with E-state index in [1.807, 2.05) is 6.92 Å². The molecule has 114 valence electrons. The third-order valence-electron chi connectivity index (χ3n) is 3.00. The molecule has 20 heavy (non-hydrogen) atoms. The van der Waals surface area contributed by atoms with Crippen molar-refractivity contribution < 1.29 is 19.1 Å². The zero-order valence-electron chi connectivity index (χ0n) is 12.1. The molecule has 0 aromatic carbocycles. The van der Waals surface area contributed by atoms with Crippen molar-refractivity contribution in [2.75, 3.05) is 32.8 Å². The fraction of sp³-hybridized carbons (Fsp3) is 0.769. The summed E-state index contributed by atoms with van der Waals surface area (Å²) in [6, 6.07) is -0.502. The molecule has 1 atom stereocenters. The predicted molar refractivity (Wildman–Crippen MR) is 72.9 cm³/mol. The monoisotopic (exact) mass is 285 g/mol. The fourth-order valence-electron chi connectivity index (χ4n) is 2.08. The second kappa shape index (κ2) is 8.52. The van der Waals surface area contributed by atoms with E-state index in [1.54, 1.807) is 11.8 Å². The van der Waals surface area contributed by atoms with Crippen LogP contribution in [0.15, 0.2) is 0 Å². The summed E-state index contributed by atoms with van der Waals surface area (Å²) in [4.78, 5) is 36.7. The summed E-state index contributed by atoms with van der Waals surface area (Å²) >= 11 is 0. The Hall–Kier alpha value is -1.63. The van der Waals surface area contributed by atoms with Crippen LogP contribution in [-0.4, -0.2) is 61.5 Å². The normalized spacial score (nSPS) is 18.8. The minimum atomic E-state index is -0.502. The van der Waals surface area contributed by atoms with Gasteiger partial charge in [-0.25, -0.2) is 0 Å². The maximum absolute atomic E-state index is 12.1. The van der Waals surface area contributed by atoms with Crippen molar-refractivity contribution in [3.05, 3.63) is 0 Å². The van der Waals surface area contributed by atoms with Crippen LogP contribution in [-0.2, 0) is 19.1 Å². The first-order chi connectivity index (χ1) is 9.58. The summed E-state index contributed by atoms with van der Waals surface area (Å²) in [5.41, 5.74) is 0. The molecule has 1 rings (SSSR count). The van der Waals surface area contributed by atoms with Gasteiger partial charge in [0.05, 0.1) is 19.1 Å². The van der Waals surface area contributed by atoms with Gasteiger partial charge >= 0.3 is 5.97 Å². The van der Waals surface area contributed by atoms with Crippen LogP contribution in [0.5, 0.6) is 0 Å². The molecule has 2 N–H and O–H groups in total. The quantitative estimate of drug-likeness (QED) is 0.602. The number of hydrogen-bond acceptors (Lipinski definition) is 5. The van der Waals surface area contributed by atoms with Gasteiger partial charge in [0.2, 0.25) is 11.8 Å². The average Bonchev–Trinajstić information content (AvgIpc) is 2.42. The van der Waals surface area contributed by atoms with E-state index in [2.05, 4.69) is 10.6 Å². The number of carbonyl (C=O) groups is 3. The van der Waals surface area contributed by atoms with Crippen LogP contribution in [0.2, 0.25) is 0 Å². The van der Waals surface area contributed by atoms with Gasteiger partial charge in [0.1, 0.15) is 6.54 Å². The number of piperazine rings is 1. The second-order valence-electron chi connectivity index (χ2n) is 4.62. The van der Waals surface area contributed by atoms with E-state index in [4.69, 9.17) is 4.74 Å². The molecular formula is C13H23N3O4. The van der Waals surface area contributed by atoms with E-state index in [9.17, 15) is 14.4 Å². The van der Waals surface area contributed by atoms with Crippen LogP contribution in [0, 0.1) is 0 Å². The van der Waals surface area contributed by atoms with Crippen molar-refractivity contribution in [2.45, 2.75) is 32.7 Å². The summed E-state index contributed by atoms with van der Waals surface area (Å²) in [5.74, 6) is -0.858. The average molecular weight is 285 g/mol. The first-order valence-corrected chi connectivity index (χ1v) is 7.03. The topological polar surface area (TPSA) is 87.7 Å². The van der Waals surface area contributed by atoms with Gasteiger partial charge < -0.3 is 20.3 Å². The van der Waals surface area contributed by atoms with Gasteiger partial charge in [-0.15, -0.1) is 0 Å². The minimum Gasteiger partial charge on any atom is -0.465 e. The van der Waals surface area contributed by atoms with E-state index in [1.165, 1.54) is 0 Å². The molecule has 0 spiro atoms. The molecule has 7 nitrogen and oxygen atoms in total. The predicted octanol–water partition coefficient (Wildman–Crippen LogP) is -0.734. The van der Waals surface area contributed by atoms with Crippen molar-refractivity contribution in [3.63, 3.8) is 0 Å². The molecule has 0 aliphatic carbocycles. The van der Waals surface area contributed by atoms with Gasteiger partial charge in [0.15, 0.2) is 0 Å². The Morgan fingerprint density at radius 2 is 2.20 bits per heavy atom. The van der Waals surface area contributed by atoms with E-state index in [0.29, 0.717) is 19.6 Å². The van der Waals surface area contributed by atoms with Gasteiger partial charge in [-0.1, -0.05) is 6.92 Å². The zero-order valence-corrected chi connectivity index (χ0v) is 12.1. The summed E-state index contributed by atoms with van der Waals surface area (Å²) in [6.07, 6.45) is 0.936. The van der Waals surface area contributed by atoms with Gasteiger partial charge in [-0.3, -0.25) is 14.4 Å². The lowest BCUT2D eigenvalue weighted by Gasteiger charge is -2.32. The summed E-state index contributed by atoms with van der Waals surface area (Å²) in [7, 11) is 0. The molecule has 7 heteroatoms. The van der Waals surface area contributed by atoms with Crippen molar-refractivity contribution in [1.82, 2.24) is 15.5 Å². The molecular weight excluding hydrogens is 262 g/mol. The summed E-state index contributed by atoms with van der Waals surface area (Å²) in [5, 5.41) is 5.49. The first kappa shape index (κ1) is 16.4. The van der Waals surface area contributed by atoms with Crippen LogP contribution in [0.25, 0.3) is 0 Å². The van der Waals surface area contributed by atoms with E-state index < -0.39 is 12.0 Å². The maximum Gasteiger partial charge on any atom is 0.325 e. The standard InChI is InChI=1S/C13H23N3O4/c1-3-6-16-7-5-14-10(13(16)19)8-11(17)15-9-12(18)20-4-2/h10,14H,3-9H2,1-2H3,(H,15,17). The number of esters is 1. The molecule has 0 aromatic heterocycles. The van der Waals surface area contributed by atoms with Crippen LogP contribution < -0.4 is 10.6 Å². The van der Waals surface area contributed by atoms with E-state index >= 15 is 0 Å². The summed E-state index contributed by atoms with van der Waals surface area (Å²) < 4.78 is 4.71. The number of ether oxygens (including phenoxy) is 1. The molecule has 0 saturated carbocycles. The van der Waals surface area contributed by atoms with Gasteiger partial charge in [0, 0.05) is 19.6 Å². The van der Waals surface area contributed by atoms with Crippen molar-refractivity contribution in [1.29, 1.82) is 0 Å². The van der Waals surface area contributed by atoms with Crippen LogP contribution in [0.4, 0.5) is 0 Å². The number of hydrogen-bond donors (Lipinski definition) is 2. The number of nitrogens with zero attached hydrogens (tertiary/aromatic N) is 1. The van der Waals surface area contributed by atoms with Crippen molar-refractivity contribution in [2.24, 2.45) is 0 Å². The molecule has 1 aliphatic heterocycles. The Kier molecular flexibility index (Phi) is 7.00. The lowest BCUT2D eigenvalue weighted by molar-refractivity contribution is -0.143. The Bertz CT molecular complexity index is 358. The highest BCUT2D eigenvalue weighted by Crippen LogP contribution is 2.05. The van der Waals surface area contributed by atoms with Gasteiger partial charge in [0.25, 0.3) is 0 Å². The van der Waals surface area contributed by atoms with E-state index in [-0.39, 0.29) is 31.4 Å². The largest absolute Gasteiger partial charge is 0.465 e. The lowest BCUT2D eigenvalue weighted by atomic mass is 10.1. The Morgan fingerprint density at radius 1 is 1.45 bits per heavy atom. The fourth-order valence-corrected chi connectivity index (χ4v) is 2.08. The maximum atomic E-state index is 12.1. The third kappa shape index (κ3) is 5.16. The van der Waals surface area contributed by atoms with Crippen LogP contribution >= 0.6 is 0 Å². The lowest BCUT2D eigenvalue weighted by Crippen LogP contribution is -2.56. The highest BCUT2D eigenvalue weighted by molar-refractivity contribution is 5.90. The van der Waals surface area contributed by atoms with Gasteiger partial charge in [-0.2, -0.15) is 0 Å². The van der Waals surface area contributed by atoms with Gasteiger partial charge in [-0.05, 0) is 13.3 Å². The molecule has 1 fully saturated rings. The number of rotatable bonds is 7. The number of carbonyl (C=O) groups excluding carboxylic acids is 3. The molecule has 1 saturated heterocycles. The molecule has 0 aromatic rings. The molecule has 0 radical (unpaired) electrons. The molecule has 1 unspecified atom stereocenters. The van der Waals surface area contributed by atoms with Crippen LogP contribution in [0.1, 0.15) is 26.7 Å². The Balaban J connectivity index is 2.37. The first-order valence-electron chi connectivity index (χ1n) is 7.03. The van der Waals surface area contributed by atoms with Crippen molar-refractivity contribution >= 4 is 17.8 Å². The number of amides is 2. The molecule has 1 heterocycles. The molecule has 2 amide bonds. The SMILES string of the molecule is CCCN1CCNC(CC(=O)NCC(=O)OCC)C1=O. The summed E-state index contributed by atoms with van der Waals surface area (Å²) in [6.45, 7) is 5.90. The highest BCUT2D eigenvalue weighted by atomic mass is 16.5. The smallest absolute Gasteiger partial charge is 0.325 e.